The van der Waals surface area contributed by atoms with Crippen LogP contribution in [0.3, 0.4) is 0 Å². The molecule has 3 heteroatoms. The fraction of sp³-hybridized carbons (Fsp3) is 0.357. The predicted octanol–water partition coefficient (Wildman–Crippen LogP) is 3.57. The number of nitrogens with zero attached hydrogens (tertiary/aromatic N) is 1. The Kier molecular flexibility index (Phi) is 3.31. The Labute approximate surface area is 107 Å². The summed E-state index contributed by atoms with van der Waals surface area (Å²) in [5.74, 6) is 0. The summed E-state index contributed by atoms with van der Waals surface area (Å²) >= 11 is 1.71. The molecule has 0 radical (unpaired) electrons. The van der Waals surface area contributed by atoms with Gasteiger partial charge in [0.15, 0.2) is 0 Å². The third-order valence-corrected chi connectivity index (χ3v) is 4.12. The lowest BCUT2D eigenvalue weighted by molar-refractivity contribution is 0.559. The Morgan fingerprint density at radius 1 is 1.24 bits per heavy atom. The Balaban J connectivity index is 2.49. The molecular weight excluding hydrogens is 228 g/mol. The largest absolute Gasteiger partial charge is 0.321 e. The van der Waals surface area contributed by atoms with Gasteiger partial charge >= 0.3 is 0 Å². The van der Waals surface area contributed by atoms with Crippen molar-refractivity contribution >= 4 is 11.3 Å². The van der Waals surface area contributed by atoms with Crippen LogP contribution in [0, 0.1) is 0 Å². The SMILES string of the molecule is CCc1nc(-c2ccccc2)sc1C(C)(C)N. The van der Waals surface area contributed by atoms with Crippen LogP contribution < -0.4 is 5.73 Å². The standard InChI is InChI=1S/C14H18N2S/c1-4-11-12(14(2,3)15)17-13(16-11)10-8-6-5-7-9-10/h5-9H,4,15H2,1-3H3. The van der Waals surface area contributed by atoms with E-state index < -0.39 is 0 Å². The monoisotopic (exact) mass is 246 g/mol. The third kappa shape index (κ3) is 2.56. The molecule has 1 aromatic carbocycles. The highest BCUT2D eigenvalue weighted by atomic mass is 32.1. The molecule has 0 saturated heterocycles. The van der Waals surface area contributed by atoms with Gasteiger partial charge in [-0.1, -0.05) is 37.3 Å². The number of benzene rings is 1. The molecule has 0 bridgehead atoms. The van der Waals surface area contributed by atoms with Gasteiger partial charge in [0.25, 0.3) is 0 Å². The maximum Gasteiger partial charge on any atom is 0.123 e. The van der Waals surface area contributed by atoms with Crippen molar-refractivity contribution in [2.45, 2.75) is 32.7 Å². The van der Waals surface area contributed by atoms with Crippen molar-refractivity contribution in [1.29, 1.82) is 0 Å². The van der Waals surface area contributed by atoms with Crippen molar-refractivity contribution in [1.82, 2.24) is 4.98 Å². The zero-order valence-electron chi connectivity index (χ0n) is 10.5. The molecule has 0 fully saturated rings. The van der Waals surface area contributed by atoms with Gasteiger partial charge in [0, 0.05) is 16.0 Å². The molecule has 1 aromatic heterocycles. The van der Waals surface area contributed by atoms with E-state index >= 15 is 0 Å². The first-order chi connectivity index (χ1) is 8.02. The van der Waals surface area contributed by atoms with Crippen LogP contribution in [-0.2, 0) is 12.0 Å². The number of hydrogen-bond acceptors (Lipinski definition) is 3. The normalized spacial score (nSPS) is 11.8. The molecule has 0 aliphatic rings. The van der Waals surface area contributed by atoms with E-state index in [1.165, 1.54) is 10.4 Å². The van der Waals surface area contributed by atoms with E-state index in [-0.39, 0.29) is 5.54 Å². The Morgan fingerprint density at radius 3 is 2.35 bits per heavy atom. The van der Waals surface area contributed by atoms with Crippen molar-refractivity contribution in [3.63, 3.8) is 0 Å². The predicted molar refractivity (Wildman–Crippen MR) is 74.1 cm³/mol. The lowest BCUT2D eigenvalue weighted by atomic mass is 10.0. The van der Waals surface area contributed by atoms with Crippen molar-refractivity contribution in [2.24, 2.45) is 5.73 Å². The molecule has 0 saturated carbocycles. The van der Waals surface area contributed by atoms with Gasteiger partial charge < -0.3 is 5.73 Å². The molecule has 0 aliphatic heterocycles. The quantitative estimate of drug-likeness (QED) is 0.899. The molecule has 0 amide bonds. The van der Waals surface area contributed by atoms with Crippen molar-refractivity contribution < 1.29 is 0 Å². The number of hydrogen-bond donors (Lipinski definition) is 1. The second-order valence-corrected chi connectivity index (χ2v) is 5.74. The number of nitrogens with two attached hydrogens (primary N) is 1. The summed E-state index contributed by atoms with van der Waals surface area (Å²) in [4.78, 5) is 5.90. The fourth-order valence-electron chi connectivity index (χ4n) is 1.80. The zero-order valence-corrected chi connectivity index (χ0v) is 11.3. The molecule has 0 unspecified atom stereocenters. The Bertz CT molecular complexity index is 495. The third-order valence-electron chi connectivity index (χ3n) is 2.64. The molecule has 0 atom stereocenters. The lowest BCUT2D eigenvalue weighted by Crippen LogP contribution is -2.28. The van der Waals surface area contributed by atoms with Crippen LogP contribution in [0.5, 0.6) is 0 Å². The van der Waals surface area contributed by atoms with E-state index in [4.69, 9.17) is 10.7 Å². The van der Waals surface area contributed by atoms with E-state index in [1.54, 1.807) is 11.3 Å². The van der Waals surface area contributed by atoms with Crippen molar-refractivity contribution in [2.75, 3.05) is 0 Å². The molecule has 0 aliphatic carbocycles. The number of aryl methyl sites for hydroxylation is 1. The van der Waals surface area contributed by atoms with E-state index in [0.29, 0.717) is 0 Å². The van der Waals surface area contributed by atoms with Crippen LogP contribution in [0.15, 0.2) is 30.3 Å². The number of thiazole rings is 1. The summed E-state index contributed by atoms with van der Waals surface area (Å²) in [6.07, 6.45) is 0.930. The highest BCUT2D eigenvalue weighted by Crippen LogP contribution is 2.33. The smallest absolute Gasteiger partial charge is 0.123 e. The van der Waals surface area contributed by atoms with E-state index in [9.17, 15) is 0 Å². The first kappa shape index (κ1) is 12.3. The molecule has 0 spiro atoms. The van der Waals surface area contributed by atoms with Crippen molar-refractivity contribution in [3.05, 3.63) is 40.9 Å². The minimum absolute atomic E-state index is 0.309. The average molecular weight is 246 g/mol. The van der Waals surface area contributed by atoms with Gasteiger partial charge in [-0.3, -0.25) is 0 Å². The van der Waals surface area contributed by atoms with Gasteiger partial charge in [0.1, 0.15) is 5.01 Å². The van der Waals surface area contributed by atoms with E-state index in [2.05, 4.69) is 19.1 Å². The minimum atomic E-state index is -0.309. The Morgan fingerprint density at radius 2 is 1.88 bits per heavy atom. The van der Waals surface area contributed by atoms with E-state index in [0.717, 1.165) is 17.1 Å². The van der Waals surface area contributed by atoms with Crippen LogP contribution in [0.4, 0.5) is 0 Å². The molecular formula is C14H18N2S. The van der Waals surface area contributed by atoms with Crippen LogP contribution >= 0.6 is 11.3 Å². The first-order valence-electron chi connectivity index (χ1n) is 5.87. The molecule has 2 N–H and O–H groups in total. The van der Waals surface area contributed by atoms with Gasteiger partial charge in [-0.2, -0.15) is 0 Å². The average Bonchev–Trinajstić information content (AvgIpc) is 2.74. The summed E-state index contributed by atoms with van der Waals surface area (Å²) in [6, 6.07) is 10.3. The van der Waals surface area contributed by atoms with Crippen LogP contribution in [-0.4, -0.2) is 4.98 Å². The van der Waals surface area contributed by atoms with Crippen molar-refractivity contribution in [3.8, 4) is 10.6 Å². The number of aromatic nitrogens is 1. The van der Waals surface area contributed by atoms with Crippen LogP contribution in [0.25, 0.3) is 10.6 Å². The maximum atomic E-state index is 6.19. The highest BCUT2D eigenvalue weighted by molar-refractivity contribution is 7.15. The van der Waals surface area contributed by atoms with Gasteiger partial charge in [-0.15, -0.1) is 11.3 Å². The molecule has 1 heterocycles. The fourth-order valence-corrected chi connectivity index (χ4v) is 2.97. The topological polar surface area (TPSA) is 38.9 Å². The second kappa shape index (κ2) is 4.59. The first-order valence-corrected chi connectivity index (χ1v) is 6.68. The summed E-state index contributed by atoms with van der Waals surface area (Å²) in [7, 11) is 0. The van der Waals surface area contributed by atoms with Gasteiger partial charge in [-0.05, 0) is 20.3 Å². The van der Waals surface area contributed by atoms with Crippen LogP contribution in [0.1, 0.15) is 31.3 Å². The summed E-state index contributed by atoms with van der Waals surface area (Å²) in [5.41, 5.74) is 8.18. The van der Waals surface area contributed by atoms with E-state index in [1.807, 2.05) is 32.0 Å². The van der Waals surface area contributed by atoms with Gasteiger partial charge in [0.05, 0.1) is 5.69 Å². The summed E-state index contributed by atoms with van der Waals surface area (Å²) in [5, 5.41) is 1.07. The minimum Gasteiger partial charge on any atom is -0.321 e. The summed E-state index contributed by atoms with van der Waals surface area (Å²) in [6.45, 7) is 6.20. The summed E-state index contributed by atoms with van der Waals surface area (Å²) < 4.78 is 0. The van der Waals surface area contributed by atoms with Gasteiger partial charge in [0.2, 0.25) is 0 Å². The Hall–Kier alpha value is -1.19. The number of rotatable bonds is 3. The second-order valence-electron chi connectivity index (χ2n) is 4.74. The molecule has 17 heavy (non-hydrogen) atoms. The molecule has 2 aromatic rings. The molecule has 2 nitrogen and oxygen atoms in total. The zero-order chi connectivity index (χ0) is 12.5. The lowest BCUT2D eigenvalue weighted by Gasteiger charge is -2.17. The highest BCUT2D eigenvalue weighted by Gasteiger charge is 2.22. The van der Waals surface area contributed by atoms with Crippen LogP contribution in [0.2, 0.25) is 0 Å². The molecule has 2 rings (SSSR count). The maximum absolute atomic E-state index is 6.19. The molecule has 90 valence electrons. The van der Waals surface area contributed by atoms with Gasteiger partial charge in [-0.25, -0.2) is 4.98 Å².